The van der Waals surface area contributed by atoms with Gasteiger partial charge in [-0.15, -0.1) is 0 Å². The van der Waals surface area contributed by atoms with E-state index in [1.54, 1.807) is 36.5 Å². The molecule has 32 heavy (non-hydrogen) atoms. The molecule has 0 aliphatic heterocycles. The Labute approximate surface area is 189 Å². The number of thiazole rings is 1. The standard InChI is InChI=1S/C23H23N5O3S/c1-15-6-8-20-21(17(15)3)25-23(32-20)27(11-4-10-26-12-9-24-14-26)22(29)18-7-5-16(2)19(13-18)28(30)31/h5-9,12-14H,4,10-11H2,1-3H3. The van der Waals surface area contributed by atoms with E-state index in [1.807, 2.05) is 36.7 Å². The minimum absolute atomic E-state index is 0.0648. The Balaban J connectivity index is 1.70. The lowest BCUT2D eigenvalue weighted by molar-refractivity contribution is -0.385. The van der Waals surface area contributed by atoms with Crippen LogP contribution in [0.1, 0.15) is 33.5 Å². The normalized spacial score (nSPS) is 11.1. The fourth-order valence-corrected chi connectivity index (χ4v) is 4.59. The zero-order valence-electron chi connectivity index (χ0n) is 18.1. The van der Waals surface area contributed by atoms with E-state index < -0.39 is 4.92 Å². The molecule has 4 rings (SSSR count). The Morgan fingerprint density at radius 3 is 2.69 bits per heavy atom. The van der Waals surface area contributed by atoms with Crippen molar-refractivity contribution in [3.63, 3.8) is 0 Å². The molecule has 0 atom stereocenters. The van der Waals surface area contributed by atoms with Gasteiger partial charge in [0.15, 0.2) is 5.13 Å². The van der Waals surface area contributed by atoms with Gasteiger partial charge in [-0.25, -0.2) is 9.97 Å². The van der Waals surface area contributed by atoms with E-state index in [4.69, 9.17) is 4.98 Å². The Bertz CT molecular complexity index is 1300. The number of carbonyl (C=O) groups is 1. The van der Waals surface area contributed by atoms with E-state index in [0.29, 0.717) is 30.2 Å². The van der Waals surface area contributed by atoms with Gasteiger partial charge >= 0.3 is 0 Å². The van der Waals surface area contributed by atoms with Crippen LogP contribution in [0, 0.1) is 30.9 Å². The van der Waals surface area contributed by atoms with E-state index in [1.165, 1.54) is 17.4 Å². The van der Waals surface area contributed by atoms with Crippen LogP contribution in [0.2, 0.25) is 0 Å². The van der Waals surface area contributed by atoms with Crippen molar-refractivity contribution in [2.75, 3.05) is 11.4 Å². The molecule has 0 unspecified atom stereocenters. The fourth-order valence-electron chi connectivity index (χ4n) is 3.54. The number of amides is 1. The second-order valence-electron chi connectivity index (χ2n) is 7.72. The van der Waals surface area contributed by atoms with E-state index in [0.717, 1.165) is 21.3 Å². The minimum Gasteiger partial charge on any atom is -0.337 e. The summed E-state index contributed by atoms with van der Waals surface area (Å²) in [5.74, 6) is -0.299. The van der Waals surface area contributed by atoms with Crippen LogP contribution in [-0.4, -0.2) is 31.9 Å². The van der Waals surface area contributed by atoms with E-state index in [-0.39, 0.29) is 17.2 Å². The van der Waals surface area contributed by atoms with Crippen LogP contribution >= 0.6 is 11.3 Å². The number of nitro groups is 1. The Morgan fingerprint density at radius 1 is 1.19 bits per heavy atom. The van der Waals surface area contributed by atoms with Crippen molar-refractivity contribution >= 4 is 38.3 Å². The summed E-state index contributed by atoms with van der Waals surface area (Å²) in [4.78, 5) is 34.9. The average Bonchev–Trinajstić information content (AvgIpc) is 3.44. The third-order valence-corrected chi connectivity index (χ3v) is 6.60. The highest BCUT2D eigenvalue weighted by Gasteiger charge is 2.24. The quantitative estimate of drug-likeness (QED) is 0.290. The molecule has 0 radical (unpaired) electrons. The number of carbonyl (C=O) groups excluding carboxylic acids is 1. The largest absolute Gasteiger partial charge is 0.337 e. The topological polar surface area (TPSA) is 94.2 Å². The molecule has 0 aliphatic rings. The van der Waals surface area contributed by atoms with Gasteiger partial charge in [0.05, 0.1) is 21.5 Å². The van der Waals surface area contributed by atoms with Crippen molar-refractivity contribution in [3.05, 3.63) is 81.4 Å². The number of nitrogens with zero attached hydrogens (tertiary/aromatic N) is 5. The van der Waals surface area contributed by atoms with Crippen LogP contribution in [0.25, 0.3) is 10.2 Å². The molecule has 2 aromatic carbocycles. The molecule has 8 nitrogen and oxygen atoms in total. The van der Waals surface area contributed by atoms with Crippen LogP contribution in [0.5, 0.6) is 0 Å². The summed E-state index contributed by atoms with van der Waals surface area (Å²) in [5.41, 5.74) is 3.84. The summed E-state index contributed by atoms with van der Waals surface area (Å²) in [6.07, 6.45) is 6.01. The molecular weight excluding hydrogens is 426 g/mol. The van der Waals surface area contributed by atoms with Crippen molar-refractivity contribution in [2.24, 2.45) is 0 Å². The molecule has 0 saturated heterocycles. The molecule has 0 N–H and O–H groups in total. The lowest BCUT2D eigenvalue weighted by Crippen LogP contribution is -2.32. The molecule has 0 bridgehead atoms. The average molecular weight is 450 g/mol. The predicted molar refractivity (Wildman–Crippen MR) is 125 cm³/mol. The van der Waals surface area contributed by atoms with Gasteiger partial charge in [-0.2, -0.15) is 0 Å². The molecule has 0 fully saturated rings. The van der Waals surface area contributed by atoms with E-state index in [2.05, 4.69) is 4.98 Å². The highest BCUT2D eigenvalue weighted by Crippen LogP contribution is 2.33. The fraction of sp³-hybridized carbons (Fsp3) is 0.261. The number of hydrogen-bond acceptors (Lipinski definition) is 6. The zero-order valence-corrected chi connectivity index (χ0v) is 18.9. The molecule has 1 amide bonds. The molecule has 2 aromatic heterocycles. The maximum atomic E-state index is 13.5. The second kappa shape index (κ2) is 8.88. The Hall–Kier alpha value is -3.59. The lowest BCUT2D eigenvalue weighted by atomic mass is 10.1. The van der Waals surface area contributed by atoms with Crippen molar-refractivity contribution in [3.8, 4) is 0 Å². The molecule has 164 valence electrons. The van der Waals surface area contributed by atoms with Crippen molar-refractivity contribution in [1.82, 2.24) is 14.5 Å². The number of nitro benzene ring substituents is 1. The highest BCUT2D eigenvalue weighted by atomic mass is 32.1. The van der Waals surface area contributed by atoms with Gasteiger partial charge in [0, 0.05) is 42.7 Å². The van der Waals surface area contributed by atoms with Crippen molar-refractivity contribution < 1.29 is 9.72 Å². The zero-order chi connectivity index (χ0) is 22.8. The first-order valence-corrected chi connectivity index (χ1v) is 11.1. The third kappa shape index (κ3) is 4.24. The van der Waals surface area contributed by atoms with Crippen LogP contribution in [-0.2, 0) is 6.54 Å². The molecule has 0 saturated carbocycles. The van der Waals surface area contributed by atoms with Gasteiger partial charge in [0.25, 0.3) is 11.6 Å². The first-order chi connectivity index (χ1) is 15.3. The SMILES string of the molecule is Cc1ccc(C(=O)N(CCCn2ccnc2)c2nc3c(C)c(C)ccc3s2)cc1[N+](=O)[O-]. The first kappa shape index (κ1) is 21.6. The molecule has 2 heterocycles. The summed E-state index contributed by atoms with van der Waals surface area (Å²) in [7, 11) is 0. The summed E-state index contributed by atoms with van der Waals surface area (Å²) < 4.78 is 2.95. The van der Waals surface area contributed by atoms with Gasteiger partial charge in [0.2, 0.25) is 0 Å². The van der Waals surface area contributed by atoms with Gasteiger partial charge in [0.1, 0.15) is 0 Å². The monoisotopic (exact) mass is 449 g/mol. The second-order valence-corrected chi connectivity index (χ2v) is 8.73. The number of rotatable bonds is 7. The Kier molecular flexibility index (Phi) is 6.00. The van der Waals surface area contributed by atoms with Crippen molar-refractivity contribution in [1.29, 1.82) is 0 Å². The lowest BCUT2D eigenvalue weighted by Gasteiger charge is -2.20. The summed E-state index contributed by atoms with van der Waals surface area (Å²) in [6, 6.07) is 8.66. The Morgan fingerprint density at radius 2 is 1.97 bits per heavy atom. The molecular formula is C23H23N5O3S. The van der Waals surface area contributed by atoms with Crippen LogP contribution < -0.4 is 4.90 Å². The number of hydrogen-bond donors (Lipinski definition) is 0. The van der Waals surface area contributed by atoms with E-state index >= 15 is 0 Å². The summed E-state index contributed by atoms with van der Waals surface area (Å²) in [5, 5.41) is 12.0. The van der Waals surface area contributed by atoms with Crippen LogP contribution in [0.3, 0.4) is 0 Å². The van der Waals surface area contributed by atoms with Crippen LogP contribution in [0.15, 0.2) is 49.1 Å². The first-order valence-electron chi connectivity index (χ1n) is 10.2. The third-order valence-electron chi connectivity index (χ3n) is 5.56. The molecule has 0 aliphatic carbocycles. The highest BCUT2D eigenvalue weighted by molar-refractivity contribution is 7.22. The number of fused-ring (bicyclic) bond motifs is 1. The molecule has 0 spiro atoms. The maximum Gasteiger partial charge on any atom is 0.273 e. The van der Waals surface area contributed by atoms with Gasteiger partial charge < -0.3 is 4.57 Å². The van der Waals surface area contributed by atoms with Gasteiger partial charge in [-0.05, 0) is 50.5 Å². The summed E-state index contributed by atoms with van der Waals surface area (Å²) >= 11 is 1.45. The predicted octanol–water partition coefficient (Wildman–Crippen LogP) is 5.06. The number of benzene rings is 2. The molecule has 9 heteroatoms. The minimum atomic E-state index is -0.459. The number of anilines is 1. The van der Waals surface area contributed by atoms with Gasteiger partial charge in [-0.1, -0.05) is 23.5 Å². The van der Waals surface area contributed by atoms with Gasteiger partial charge in [-0.3, -0.25) is 19.8 Å². The number of aryl methyl sites for hydroxylation is 4. The van der Waals surface area contributed by atoms with E-state index in [9.17, 15) is 14.9 Å². The molecule has 4 aromatic rings. The summed E-state index contributed by atoms with van der Waals surface area (Å²) in [6.45, 7) is 6.84. The van der Waals surface area contributed by atoms with Crippen LogP contribution in [0.4, 0.5) is 10.8 Å². The number of aromatic nitrogens is 3. The number of imidazole rings is 1. The maximum absolute atomic E-state index is 13.5. The smallest absolute Gasteiger partial charge is 0.273 e. The van der Waals surface area contributed by atoms with Crippen molar-refractivity contribution in [2.45, 2.75) is 33.7 Å².